The van der Waals surface area contributed by atoms with Gasteiger partial charge in [0.05, 0.1) is 5.56 Å². The van der Waals surface area contributed by atoms with E-state index in [0.717, 1.165) is 32.7 Å². The summed E-state index contributed by atoms with van der Waals surface area (Å²) in [6, 6.07) is 26.1. The van der Waals surface area contributed by atoms with Crippen molar-refractivity contribution in [3.8, 4) is 17.9 Å². The lowest BCUT2D eigenvalue weighted by Crippen LogP contribution is -1.94. The summed E-state index contributed by atoms with van der Waals surface area (Å²) >= 11 is 5.92. The van der Waals surface area contributed by atoms with Crippen LogP contribution in [0.2, 0.25) is 5.02 Å². The van der Waals surface area contributed by atoms with Crippen LogP contribution in [0.5, 0.6) is 0 Å². The van der Waals surface area contributed by atoms with Crippen molar-refractivity contribution >= 4 is 33.1 Å². The number of nitriles is 1. The second-order valence-corrected chi connectivity index (χ2v) is 6.48. The molecule has 0 aliphatic carbocycles. The van der Waals surface area contributed by atoms with Crippen molar-refractivity contribution in [3.63, 3.8) is 0 Å². The molecular weight excluding hydrogens is 338 g/mol. The second kappa shape index (κ2) is 6.93. The predicted octanol–water partition coefficient (Wildman–Crippen LogP) is 6.11. The zero-order valence-electron chi connectivity index (χ0n) is 14.0. The van der Waals surface area contributed by atoms with E-state index in [9.17, 15) is 5.26 Å². The van der Waals surface area contributed by atoms with E-state index in [1.807, 2.05) is 54.6 Å². The summed E-state index contributed by atoms with van der Waals surface area (Å²) in [5.74, 6) is 6.39. The summed E-state index contributed by atoms with van der Waals surface area (Å²) in [6.07, 6.45) is 0.525. The molecule has 0 aromatic heterocycles. The number of hydrogen-bond acceptors (Lipinski definition) is 1. The van der Waals surface area contributed by atoms with Crippen LogP contribution < -0.4 is 0 Å². The molecule has 2 heteroatoms. The smallest absolute Gasteiger partial charge is 0.100 e. The van der Waals surface area contributed by atoms with E-state index >= 15 is 0 Å². The maximum absolute atomic E-state index is 9.81. The lowest BCUT2D eigenvalue weighted by atomic mass is 9.91. The normalized spacial score (nSPS) is 10.3. The van der Waals surface area contributed by atoms with Crippen LogP contribution in [0, 0.1) is 23.2 Å². The molecule has 0 saturated carbocycles. The first-order chi connectivity index (χ1) is 12.8. The average molecular weight is 352 g/mol. The quantitative estimate of drug-likeness (QED) is 0.299. The Morgan fingerprint density at radius 2 is 1.31 bits per heavy atom. The molecule has 0 aliphatic rings. The first-order valence-corrected chi connectivity index (χ1v) is 8.72. The molecule has 26 heavy (non-hydrogen) atoms. The third-order valence-electron chi connectivity index (χ3n) is 4.49. The second-order valence-electron chi connectivity index (χ2n) is 6.04. The minimum atomic E-state index is 0.525. The van der Waals surface area contributed by atoms with E-state index < -0.39 is 0 Å². The van der Waals surface area contributed by atoms with Gasteiger partial charge in [0.1, 0.15) is 6.07 Å². The number of halogens is 1. The van der Waals surface area contributed by atoms with Crippen LogP contribution in [-0.4, -0.2) is 0 Å². The lowest BCUT2D eigenvalue weighted by molar-refractivity contribution is 1.33. The summed E-state index contributed by atoms with van der Waals surface area (Å²) in [6.45, 7) is 0. The summed E-state index contributed by atoms with van der Waals surface area (Å²) in [5, 5.41) is 14.8. The van der Waals surface area contributed by atoms with Crippen molar-refractivity contribution in [3.05, 3.63) is 94.5 Å². The third kappa shape index (κ3) is 2.91. The molecule has 122 valence electrons. The van der Waals surface area contributed by atoms with E-state index in [1.54, 1.807) is 0 Å². The van der Waals surface area contributed by atoms with Crippen molar-refractivity contribution in [2.24, 2.45) is 0 Å². The number of rotatable bonds is 1. The standard InChI is InChI=1S/C24H14ClN/c25-18-14-12-17(13-15-18)6-5-11-23-21-9-2-1-7-19(21)20-8-3-4-10-22(20)24(23)16-26/h1-4,7-10,12-15H,11H2. The predicted molar refractivity (Wildman–Crippen MR) is 108 cm³/mol. The van der Waals surface area contributed by atoms with Gasteiger partial charge in [-0.05, 0) is 46.0 Å². The maximum atomic E-state index is 9.81. The minimum Gasteiger partial charge on any atom is -0.192 e. The highest BCUT2D eigenvalue weighted by atomic mass is 35.5. The molecule has 0 amide bonds. The van der Waals surface area contributed by atoms with Gasteiger partial charge in [-0.2, -0.15) is 5.26 Å². The summed E-state index contributed by atoms with van der Waals surface area (Å²) < 4.78 is 0. The molecular formula is C24H14ClN. The van der Waals surface area contributed by atoms with Gasteiger partial charge in [0.25, 0.3) is 0 Å². The monoisotopic (exact) mass is 351 g/mol. The van der Waals surface area contributed by atoms with Gasteiger partial charge in [0.15, 0.2) is 0 Å². The molecule has 4 aromatic carbocycles. The number of hydrogen-bond donors (Lipinski definition) is 0. The van der Waals surface area contributed by atoms with E-state index in [2.05, 4.69) is 36.1 Å². The fraction of sp³-hybridized carbons (Fsp3) is 0.0417. The molecule has 0 bridgehead atoms. The minimum absolute atomic E-state index is 0.525. The van der Waals surface area contributed by atoms with E-state index in [-0.39, 0.29) is 0 Å². The molecule has 0 unspecified atom stereocenters. The van der Waals surface area contributed by atoms with Gasteiger partial charge >= 0.3 is 0 Å². The first-order valence-electron chi connectivity index (χ1n) is 8.35. The topological polar surface area (TPSA) is 23.8 Å². The van der Waals surface area contributed by atoms with Crippen molar-refractivity contribution in [2.45, 2.75) is 6.42 Å². The fourth-order valence-electron chi connectivity index (χ4n) is 3.29. The molecule has 0 saturated heterocycles. The van der Waals surface area contributed by atoms with Crippen LogP contribution in [0.25, 0.3) is 21.5 Å². The van der Waals surface area contributed by atoms with Crippen molar-refractivity contribution in [1.82, 2.24) is 0 Å². The van der Waals surface area contributed by atoms with E-state index in [1.165, 1.54) is 0 Å². The Hall–Kier alpha value is -3.26. The number of nitrogens with zero attached hydrogens (tertiary/aromatic N) is 1. The maximum Gasteiger partial charge on any atom is 0.100 e. The van der Waals surface area contributed by atoms with Crippen LogP contribution in [0.3, 0.4) is 0 Å². The molecule has 0 spiro atoms. The van der Waals surface area contributed by atoms with Gasteiger partial charge in [-0.1, -0.05) is 72.0 Å². The Kier molecular flexibility index (Phi) is 4.32. The largest absolute Gasteiger partial charge is 0.192 e. The van der Waals surface area contributed by atoms with Crippen LogP contribution >= 0.6 is 11.6 Å². The molecule has 4 rings (SSSR count). The number of fused-ring (bicyclic) bond motifs is 3. The summed E-state index contributed by atoms with van der Waals surface area (Å²) in [5.41, 5.74) is 2.62. The Balaban J connectivity index is 1.88. The van der Waals surface area contributed by atoms with Crippen molar-refractivity contribution in [2.75, 3.05) is 0 Å². The highest BCUT2D eigenvalue weighted by Crippen LogP contribution is 2.32. The molecule has 1 nitrogen and oxygen atoms in total. The SMILES string of the molecule is N#Cc1c(CC#Cc2ccc(Cl)cc2)c2ccccc2c2ccccc12. The van der Waals surface area contributed by atoms with Crippen LogP contribution in [0.4, 0.5) is 0 Å². The van der Waals surface area contributed by atoms with Gasteiger partial charge in [-0.3, -0.25) is 0 Å². The van der Waals surface area contributed by atoms with Gasteiger partial charge in [0, 0.05) is 22.4 Å². The van der Waals surface area contributed by atoms with Gasteiger partial charge in [-0.15, -0.1) is 0 Å². The molecule has 0 N–H and O–H groups in total. The molecule has 0 aliphatic heterocycles. The van der Waals surface area contributed by atoms with E-state index in [4.69, 9.17) is 11.6 Å². The molecule has 0 atom stereocenters. The Morgan fingerprint density at radius 3 is 1.96 bits per heavy atom. The average Bonchev–Trinajstić information content (AvgIpc) is 2.69. The summed E-state index contributed by atoms with van der Waals surface area (Å²) in [7, 11) is 0. The highest BCUT2D eigenvalue weighted by molar-refractivity contribution is 6.30. The van der Waals surface area contributed by atoms with Gasteiger partial charge in [-0.25, -0.2) is 0 Å². The zero-order valence-corrected chi connectivity index (χ0v) is 14.7. The molecule has 4 aromatic rings. The first kappa shape index (κ1) is 16.2. The van der Waals surface area contributed by atoms with Crippen molar-refractivity contribution < 1.29 is 0 Å². The van der Waals surface area contributed by atoms with Gasteiger partial charge in [0.2, 0.25) is 0 Å². The van der Waals surface area contributed by atoms with Crippen molar-refractivity contribution in [1.29, 1.82) is 5.26 Å². The number of benzene rings is 4. The molecule has 0 fully saturated rings. The van der Waals surface area contributed by atoms with Crippen LogP contribution in [0.1, 0.15) is 16.7 Å². The Bertz CT molecular complexity index is 1220. The van der Waals surface area contributed by atoms with Crippen LogP contribution in [0.15, 0.2) is 72.8 Å². The van der Waals surface area contributed by atoms with Gasteiger partial charge < -0.3 is 0 Å². The zero-order chi connectivity index (χ0) is 17.9. The lowest BCUT2D eigenvalue weighted by Gasteiger charge is -2.11. The Morgan fingerprint density at radius 1 is 0.731 bits per heavy atom. The Labute approximate surface area is 157 Å². The summed E-state index contributed by atoms with van der Waals surface area (Å²) in [4.78, 5) is 0. The fourth-order valence-corrected chi connectivity index (χ4v) is 3.42. The highest BCUT2D eigenvalue weighted by Gasteiger charge is 2.12. The van der Waals surface area contributed by atoms with Crippen LogP contribution in [-0.2, 0) is 6.42 Å². The molecule has 0 heterocycles. The molecule has 0 radical (unpaired) electrons. The third-order valence-corrected chi connectivity index (χ3v) is 4.75. The van der Waals surface area contributed by atoms with E-state index in [0.29, 0.717) is 17.0 Å².